The maximum atomic E-state index is 13.3. The number of carbonyl (C=O) groups is 2. The molecule has 2 amide bonds. The molecule has 0 saturated carbocycles. The summed E-state index contributed by atoms with van der Waals surface area (Å²) in [4.78, 5) is 24.2. The number of hydrogen-bond donors (Lipinski definition) is 2. The first-order valence-corrected chi connectivity index (χ1v) is 10.0. The molecule has 2 rings (SSSR count). The smallest absolute Gasteiger partial charge is 0.251 e. The molecule has 29 heavy (non-hydrogen) atoms. The fourth-order valence-corrected chi connectivity index (χ4v) is 3.38. The van der Waals surface area contributed by atoms with E-state index in [-0.39, 0.29) is 17.0 Å². The Balaban J connectivity index is 1.98. The predicted octanol–water partition coefficient (Wildman–Crippen LogP) is 1.82. The molecular formula is C19H21F2N3O4S. The van der Waals surface area contributed by atoms with Gasteiger partial charge in [-0.2, -0.15) is 0 Å². The number of halogens is 2. The van der Waals surface area contributed by atoms with E-state index < -0.39 is 39.5 Å². The average Bonchev–Trinajstić information content (AvgIpc) is 2.68. The van der Waals surface area contributed by atoms with Crippen molar-refractivity contribution >= 4 is 21.8 Å². The normalized spacial score (nSPS) is 12.5. The Hall–Kier alpha value is -2.85. The largest absolute Gasteiger partial charge is 0.348 e. The Morgan fingerprint density at radius 1 is 1.07 bits per heavy atom. The third-order valence-electron chi connectivity index (χ3n) is 4.11. The van der Waals surface area contributed by atoms with Crippen LogP contribution in [0.15, 0.2) is 47.4 Å². The van der Waals surface area contributed by atoms with E-state index in [2.05, 4.69) is 10.6 Å². The molecule has 7 nitrogen and oxygen atoms in total. The van der Waals surface area contributed by atoms with Crippen LogP contribution >= 0.6 is 0 Å². The monoisotopic (exact) mass is 425 g/mol. The van der Waals surface area contributed by atoms with Gasteiger partial charge in [-0.15, -0.1) is 0 Å². The van der Waals surface area contributed by atoms with Gasteiger partial charge >= 0.3 is 0 Å². The molecule has 2 aromatic rings. The number of amides is 2. The van der Waals surface area contributed by atoms with Crippen LogP contribution in [0.1, 0.15) is 28.9 Å². The molecule has 0 aliphatic carbocycles. The van der Waals surface area contributed by atoms with Gasteiger partial charge < -0.3 is 10.6 Å². The molecule has 0 saturated heterocycles. The van der Waals surface area contributed by atoms with Crippen molar-refractivity contribution in [1.82, 2.24) is 14.9 Å². The number of rotatable bonds is 7. The summed E-state index contributed by atoms with van der Waals surface area (Å²) >= 11 is 0. The van der Waals surface area contributed by atoms with Crippen molar-refractivity contribution in [3.05, 3.63) is 65.2 Å². The highest BCUT2D eigenvalue weighted by molar-refractivity contribution is 7.89. The summed E-state index contributed by atoms with van der Waals surface area (Å²) in [6, 6.07) is 8.11. The van der Waals surface area contributed by atoms with Crippen LogP contribution in [0.2, 0.25) is 0 Å². The Kier molecular flexibility index (Phi) is 7.04. The van der Waals surface area contributed by atoms with Crippen LogP contribution in [0, 0.1) is 11.6 Å². The van der Waals surface area contributed by atoms with Crippen molar-refractivity contribution in [2.24, 2.45) is 0 Å². The maximum absolute atomic E-state index is 13.3. The third-order valence-corrected chi connectivity index (χ3v) is 5.92. The number of hydrogen-bond acceptors (Lipinski definition) is 4. The Morgan fingerprint density at radius 2 is 1.76 bits per heavy atom. The molecule has 0 spiro atoms. The number of nitrogens with zero attached hydrogens (tertiary/aromatic N) is 1. The zero-order valence-electron chi connectivity index (χ0n) is 16.1. The first kappa shape index (κ1) is 22.4. The lowest BCUT2D eigenvalue weighted by Gasteiger charge is -2.15. The number of sulfonamides is 1. The Morgan fingerprint density at radius 3 is 2.38 bits per heavy atom. The molecule has 2 N–H and O–H groups in total. The quantitative estimate of drug-likeness (QED) is 0.708. The van der Waals surface area contributed by atoms with Crippen LogP contribution in [-0.4, -0.2) is 45.2 Å². The zero-order chi connectivity index (χ0) is 21.8. The number of nitrogens with one attached hydrogen (secondary N) is 2. The molecule has 0 radical (unpaired) electrons. The molecule has 2 aromatic carbocycles. The minimum absolute atomic E-state index is 0.0495. The highest BCUT2D eigenvalue weighted by Gasteiger charge is 2.19. The minimum Gasteiger partial charge on any atom is -0.348 e. The third kappa shape index (κ3) is 5.58. The SMILES string of the molecule is CC(NC(=O)CNC(=O)c1cccc(S(=O)(=O)N(C)C)c1)c1ccc(F)c(F)c1. The van der Waals surface area contributed by atoms with Crippen LogP contribution in [0.25, 0.3) is 0 Å². The van der Waals surface area contributed by atoms with Gasteiger partial charge in [0, 0.05) is 19.7 Å². The second-order valence-corrected chi connectivity index (χ2v) is 8.61. The highest BCUT2D eigenvalue weighted by Crippen LogP contribution is 2.16. The summed E-state index contributed by atoms with van der Waals surface area (Å²) in [5.41, 5.74) is 0.444. The van der Waals surface area contributed by atoms with Crippen LogP contribution < -0.4 is 10.6 Å². The van der Waals surface area contributed by atoms with E-state index in [1.807, 2.05) is 0 Å². The molecule has 0 fully saturated rings. The van der Waals surface area contributed by atoms with Gasteiger partial charge in [-0.1, -0.05) is 12.1 Å². The van der Waals surface area contributed by atoms with Crippen molar-refractivity contribution in [2.45, 2.75) is 17.9 Å². The molecule has 1 atom stereocenters. The van der Waals surface area contributed by atoms with E-state index in [0.717, 1.165) is 16.4 Å². The first-order chi connectivity index (χ1) is 13.5. The summed E-state index contributed by atoms with van der Waals surface area (Å²) in [7, 11) is -0.949. The second kappa shape index (κ2) is 9.10. The van der Waals surface area contributed by atoms with Crippen LogP contribution in [0.5, 0.6) is 0 Å². The molecule has 0 aromatic heterocycles. The van der Waals surface area contributed by atoms with E-state index in [1.54, 1.807) is 6.92 Å². The molecule has 10 heteroatoms. The Bertz CT molecular complexity index is 1030. The van der Waals surface area contributed by atoms with Gasteiger partial charge in [-0.25, -0.2) is 21.5 Å². The van der Waals surface area contributed by atoms with Crippen molar-refractivity contribution in [2.75, 3.05) is 20.6 Å². The lowest BCUT2D eigenvalue weighted by atomic mass is 10.1. The van der Waals surface area contributed by atoms with Gasteiger partial charge in [0.1, 0.15) is 0 Å². The summed E-state index contributed by atoms with van der Waals surface area (Å²) < 4.78 is 51.6. The zero-order valence-corrected chi connectivity index (χ0v) is 16.9. The minimum atomic E-state index is -3.70. The molecular weight excluding hydrogens is 404 g/mol. The van der Waals surface area contributed by atoms with Gasteiger partial charge in [0.2, 0.25) is 15.9 Å². The number of carbonyl (C=O) groups excluding carboxylic acids is 2. The van der Waals surface area contributed by atoms with Crippen molar-refractivity contribution < 1.29 is 26.8 Å². The summed E-state index contributed by atoms with van der Waals surface area (Å²) in [6.45, 7) is 1.21. The first-order valence-electron chi connectivity index (χ1n) is 8.57. The maximum Gasteiger partial charge on any atom is 0.251 e. The van der Waals surface area contributed by atoms with E-state index in [0.29, 0.717) is 5.56 Å². The van der Waals surface area contributed by atoms with Crippen molar-refractivity contribution in [3.63, 3.8) is 0 Å². The lowest BCUT2D eigenvalue weighted by molar-refractivity contribution is -0.120. The molecule has 0 bridgehead atoms. The standard InChI is InChI=1S/C19H21F2N3O4S/c1-12(13-7-8-16(20)17(21)10-13)23-18(25)11-22-19(26)14-5-4-6-15(9-14)29(27,28)24(2)3/h4-10,12H,11H2,1-3H3,(H,22,26)(H,23,25). The Labute approximate surface area is 167 Å². The fraction of sp³-hybridized carbons (Fsp3) is 0.263. The lowest BCUT2D eigenvalue weighted by Crippen LogP contribution is -2.38. The van der Waals surface area contributed by atoms with Crippen molar-refractivity contribution in [3.8, 4) is 0 Å². The van der Waals surface area contributed by atoms with E-state index in [4.69, 9.17) is 0 Å². The fourth-order valence-electron chi connectivity index (χ4n) is 2.43. The van der Waals surface area contributed by atoms with E-state index in [9.17, 15) is 26.8 Å². The highest BCUT2D eigenvalue weighted by atomic mass is 32.2. The average molecular weight is 425 g/mol. The van der Waals surface area contributed by atoms with Crippen LogP contribution in [0.3, 0.4) is 0 Å². The van der Waals surface area contributed by atoms with Crippen LogP contribution in [-0.2, 0) is 14.8 Å². The van der Waals surface area contributed by atoms with Gasteiger partial charge in [0.25, 0.3) is 5.91 Å². The second-order valence-electron chi connectivity index (χ2n) is 6.46. The van der Waals surface area contributed by atoms with Gasteiger partial charge in [0.15, 0.2) is 11.6 Å². The predicted molar refractivity (Wildman–Crippen MR) is 103 cm³/mol. The van der Waals surface area contributed by atoms with Gasteiger partial charge in [-0.3, -0.25) is 9.59 Å². The topological polar surface area (TPSA) is 95.6 Å². The van der Waals surface area contributed by atoms with Gasteiger partial charge in [0.05, 0.1) is 17.5 Å². The van der Waals surface area contributed by atoms with E-state index in [1.165, 1.54) is 44.4 Å². The molecule has 156 valence electrons. The van der Waals surface area contributed by atoms with Crippen molar-refractivity contribution in [1.29, 1.82) is 0 Å². The number of benzene rings is 2. The summed E-state index contributed by atoms with van der Waals surface area (Å²) in [5, 5.41) is 4.95. The molecule has 0 heterocycles. The molecule has 1 unspecified atom stereocenters. The molecule has 0 aliphatic rings. The summed E-state index contributed by atoms with van der Waals surface area (Å²) in [5.74, 6) is -3.19. The van der Waals surface area contributed by atoms with Gasteiger partial charge in [-0.05, 0) is 42.8 Å². The molecule has 0 aliphatic heterocycles. The van der Waals surface area contributed by atoms with Crippen LogP contribution in [0.4, 0.5) is 8.78 Å². The summed E-state index contributed by atoms with van der Waals surface area (Å²) in [6.07, 6.45) is 0. The van der Waals surface area contributed by atoms with E-state index >= 15 is 0 Å².